The van der Waals surface area contributed by atoms with Gasteiger partial charge in [-0.05, 0) is 17.2 Å². The summed E-state index contributed by atoms with van der Waals surface area (Å²) in [4.78, 5) is 15.6. The van der Waals surface area contributed by atoms with E-state index >= 15 is 0 Å². The van der Waals surface area contributed by atoms with Gasteiger partial charge in [0.15, 0.2) is 0 Å². The zero-order chi connectivity index (χ0) is 13.9. The van der Waals surface area contributed by atoms with E-state index in [1.165, 1.54) is 18.9 Å². The molecule has 4 heteroatoms. The van der Waals surface area contributed by atoms with Gasteiger partial charge < -0.3 is 9.47 Å². The van der Waals surface area contributed by atoms with Gasteiger partial charge in [0.1, 0.15) is 0 Å². The minimum atomic E-state index is -0.376. The minimum absolute atomic E-state index is 0.239. The second-order valence-corrected chi connectivity index (χ2v) is 4.72. The lowest BCUT2D eigenvalue weighted by atomic mass is 9.99. The third kappa shape index (κ3) is 2.42. The maximum Gasteiger partial charge on any atom is 0.339 e. The molecule has 2 heterocycles. The number of hydrogen-bond acceptors (Lipinski definition) is 4. The van der Waals surface area contributed by atoms with Crippen LogP contribution in [0.1, 0.15) is 28.4 Å². The second kappa shape index (κ2) is 5.43. The molecule has 1 atom stereocenters. The summed E-state index contributed by atoms with van der Waals surface area (Å²) in [6.45, 7) is 0.845. The van der Waals surface area contributed by atoms with E-state index in [1.54, 1.807) is 12.3 Å². The van der Waals surface area contributed by atoms with E-state index in [2.05, 4.69) is 17.1 Å². The van der Waals surface area contributed by atoms with Crippen molar-refractivity contribution in [1.82, 2.24) is 4.98 Å². The number of nitrogens with zero attached hydrogens (tertiary/aromatic N) is 1. The Morgan fingerprint density at radius 3 is 2.60 bits per heavy atom. The number of aromatic nitrogens is 1. The van der Waals surface area contributed by atoms with Crippen LogP contribution >= 0.6 is 0 Å². The summed E-state index contributed by atoms with van der Waals surface area (Å²) in [7, 11) is 1.36. The molecule has 20 heavy (non-hydrogen) atoms. The summed E-state index contributed by atoms with van der Waals surface area (Å²) in [5, 5.41) is 0. The Kier molecular flexibility index (Phi) is 3.48. The molecule has 0 spiro atoms. The van der Waals surface area contributed by atoms with Crippen molar-refractivity contribution in [3.8, 4) is 11.1 Å². The van der Waals surface area contributed by atoms with E-state index in [-0.39, 0.29) is 12.1 Å². The Morgan fingerprint density at radius 2 is 2.00 bits per heavy atom. The van der Waals surface area contributed by atoms with Crippen molar-refractivity contribution in [3.05, 3.63) is 53.9 Å². The first kappa shape index (κ1) is 12.8. The van der Waals surface area contributed by atoms with Gasteiger partial charge in [-0.25, -0.2) is 4.79 Å². The first-order chi connectivity index (χ1) is 9.78. The van der Waals surface area contributed by atoms with E-state index in [0.717, 1.165) is 24.2 Å². The molecule has 0 saturated carbocycles. The van der Waals surface area contributed by atoms with Crippen LogP contribution in [0.3, 0.4) is 0 Å². The number of pyridine rings is 1. The fourth-order valence-electron chi connectivity index (χ4n) is 2.22. The number of carbonyl (C=O) groups is 1. The quantitative estimate of drug-likeness (QED) is 0.804. The van der Waals surface area contributed by atoms with Gasteiger partial charge >= 0.3 is 5.97 Å². The Morgan fingerprint density at radius 1 is 1.25 bits per heavy atom. The summed E-state index contributed by atoms with van der Waals surface area (Å²) in [5.74, 6) is -0.376. The van der Waals surface area contributed by atoms with Crippen LogP contribution in [0.2, 0.25) is 0 Å². The van der Waals surface area contributed by atoms with Gasteiger partial charge in [0.05, 0.1) is 25.4 Å². The molecule has 1 saturated heterocycles. The van der Waals surface area contributed by atoms with Crippen LogP contribution in [-0.2, 0) is 9.47 Å². The van der Waals surface area contributed by atoms with Crippen molar-refractivity contribution < 1.29 is 14.3 Å². The predicted octanol–water partition coefficient (Wildman–Crippen LogP) is 3.00. The molecule has 1 aliphatic rings. The van der Waals surface area contributed by atoms with Crippen molar-refractivity contribution in [3.63, 3.8) is 0 Å². The first-order valence-corrected chi connectivity index (χ1v) is 6.53. The fourth-order valence-corrected chi connectivity index (χ4v) is 2.22. The minimum Gasteiger partial charge on any atom is -0.465 e. The summed E-state index contributed by atoms with van der Waals surface area (Å²) < 4.78 is 10.2. The molecule has 1 fully saturated rings. The number of carbonyl (C=O) groups excluding carboxylic acids is 1. The molecular weight excluding hydrogens is 254 g/mol. The van der Waals surface area contributed by atoms with Gasteiger partial charge in [-0.1, -0.05) is 24.3 Å². The number of esters is 1. The number of benzene rings is 1. The third-order valence-electron chi connectivity index (χ3n) is 3.47. The maximum atomic E-state index is 11.5. The zero-order valence-corrected chi connectivity index (χ0v) is 11.2. The monoisotopic (exact) mass is 269 g/mol. The average Bonchev–Trinajstić information content (AvgIpc) is 2.45. The van der Waals surface area contributed by atoms with Gasteiger partial charge in [0.2, 0.25) is 0 Å². The number of hydrogen-bond donors (Lipinski definition) is 0. The Labute approximate surface area is 117 Å². The number of ether oxygens (including phenoxy) is 2. The normalized spacial score (nSPS) is 17.4. The topological polar surface area (TPSA) is 48.4 Å². The molecular formula is C16H15NO3. The van der Waals surface area contributed by atoms with Gasteiger partial charge in [-0.3, -0.25) is 4.98 Å². The zero-order valence-electron chi connectivity index (χ0n) is 11.2. The molecule has 0 N–H and O–H groups in total. The molecule has 102 valence electrons. The lowest BCUT2D eigenvalue weighted by Gasteiger charge is -2.26. The molecule has 1 aromatic carbocycles. The van der Waals surface area contributed by atoms with Crippen LogP contribution in [0.25, 0.3) is 11.1 Å². The Balaban J connectivity index is 1.86. The van der Waals surface area contributed by atoms with Crippen LogP contribution in [0.4, 0.5) is 0 Å². The summed E-state index contributed by atoms with van der Waals surface area (Å²) in [6.07, 6.45) is 4.56. The van der Waals surface area contributed by atoms with E-state index < -0.39 is 0 Å². The molecule has 1 aliphatic heterocycles. The van der Waals surface area contributed by atoms with Crippen LogP contribution in [0.15, 0.2) is 42.7 Å². The fraction of sp³-hybridized carbons (Fsp3) is 0.250. The van der Waals surface area contributed by atoms with E-state index in [1.807, 2.05) is 12.1 Å². The van der Waals surface area contributed by atoms with Crippen molar-refractivity contribution in [1.29, 1.82) is 0 Å². The second-order valence-electron chi connectivity index (χ2n) is 4.72. The molecule has 1 unspecified atom stereocenters. The molecule has 0 bridgehead atoms. The standard InChI is InChI=1S/C16H15NO3/c1-19-16(18)14-8-13(9-17-10-14)11-2-4-12(5-3-11)15-6-7-20-15/h2-5,8-10,15H,6-7H2,1H3. The summed E-state index contributed by atoms with van der Waals surface area (Å²) in [6, 6.07) is 9.95. The smallest absolute Gasteiger partial charge is 0.339 e. The van der Waals surface area contributed by atoms with Gasteiger partial charge in [-0.15, -0.1) is 0 Å². The third-order valence-corrected chi connectivity index (χ3v) is 3.47. The van der Waals surface area contributed by atoms with Gasteiger partial charge in [0.25, 0.3) is 0 Å². The Hall–Kier alpha value is -2.20. The first-order valence-electron chi connectivity index (χ1n) is 6.53. The lowest BCUT2D eigenvalue weighted by molar-refractivity contribution is -0.0527. The van der Waals surface area contributed by atoms with Crippen molar-refractivity contribution >= 4 is 5.97 Å². The van der Waals surface area contributed by atoms with Crippen molar-refractivity contribution in [2.45, 2.75) is 12.5 Å². The maximum absolute atomic E-state index is 11.5. The average molecular weight is 269 g/mol. The highest BCUT2D eigenvalue weighted by atomic mass is 16.5. The Bertz CT molecular complexity index is 618. The SMILES string of the molecule is COC(=O)c1cncc(-c2ccc(C3CCO3)cc2)c1. The van der Waals surface area contributed by atoms with E-state index in [9.17, 15) is 4.79 Å². The highest BCUT2D eigenvalue weighted by Crippen LogP contribution is 2.30. The predicted molar refractivity (Wildman–Crippen MR) is 74.3 cm³/mol. The molecule has 0 radical (unpaired) electrons. The van der Waals surface area contributed by atoms with E-state index in [0.29, 0.717) is 5.56 Å². The van der Waals surface area contributed by atoms with Gasteiger partial charge in [-0.2, -0.15) is 0 Å². The molecule has 1 aromatic heterocycles. The molecule has 0 aliphatic carbocycles. The van der Waals surface area contributed by atoms with Crippen molar-refractivity contribution in [2.24, 2.45) is 0 Å². The number of rotatable bonds is 3. The molecule has 4 nitrogen and oxygen atoms in total. The summed E-state index contributed by atoms with van der Waals surface area (Å²) in [5.41, 5.74) is 3.56. The van der Waals surface area contributed by atoms with Gasteiger partial charge in [0, 0.05) is 24.4 Å². The lowest BCUT2D eigenvalue weighted by Crippen LogP contribution is -2.17. The molecule has 3 rings (SSSR count). The number of methoxy groups -OCH3 is 1. The summed E-state index contributed by atoms with van der Waals surface area (Å²) >= 11 is 0. The van der Waals surface area contributed by atoms with Crippen LogP contribution in [0.5, 0.6) is 0 Å². The van der Waals surface area contributed by atoms with E-state index in [4.69, 9.17) is 9.47 Å². The molecule has 2 aromatic rings. The van der Waals surface area contributed by atoms with Crippen LogP contribution in [-0.4, -0.2) is 24.7 Å². The highest BCUT2D eigenvalue weighted by Gasteiger charge is 2.19. The largest absolute Gasteiger partial charge is 0.465 e. The highest BCUT2D eigenvalue weighted by molar-refractivity contribution is 5.90. The van der Waals surface area contributed by atoms with Crippen LogP contribution in [0, 0.1) is 0 Å². The van der Waals surface area contributed by atoms with Crippen LogP contribution < -0.4 is 0 Å². The van der Waals surface area contributed by atoms with Crippen molar-refractivity contribution in [2.75, 3.05) is 13.7 Å². The molecule has 0 amide bonds.